The van der Waals surface area contributed by atoms with Crippen LogP contribution in [-0.4, -0.2) is 46.7 Å². The van der Waals surface area contributed by atoms with Crippen LogP contribution in [0.25, 0.3) is 0 Å². The number of Topliss-reactive ketones (excluding diaryl/α,β-unsaturated/α-hetero) is 1. The van der Waals surface area contributed by atoms with Crippen molar-refractivity contribution in [3.05, 3.63) is 47.2 Å². The van der Waals surface area contributed by atoms with Gasteiger partial charge in [0.05, 0.1) is 0 Å². The van der Waals surface area contributed by atoms with Gasteiger partial charge in [0.25, 0.3) is 0 Å². The molecule has 2 rings (SSSR count). The van der Waals surface area contributed by atoms with Crippen molar-refractivity contribution in [1.82, 2.24) is 4.90 Å². The quantitative estimate of drug-likeness (QED) is 0.807. The number of hydrogen-bond acceptors (Lipinski definition) is 5. The lowest BCUT2D eigenvalue weighted by atomic mass is 9.94. The third-order valence-corrected chi connectivity index (χ3v) is 3.77. The third kappa shape index (κ3) is 2.77. The van der Waals surface area contributed by atoms with Crippen LogP contribution in [-0.2, 0) is 4.74 Å². The fourth-order valence-corrected chi connectivity index (χ4v) is 2.56. The van der Waals surface area contributed by atoms with Gasteiger partial charge in [0.1, 0.15) is 11.3 Å². The SMILES string of the molecule is CCN(CC)C1=C(C(=O)c2ccccc2)C(O)(C(F)(F)F)OC1=N. The van der Waals surface area contributed by atoms with Crippen LogP contribution in [0.2, 0.25) is 0 Å². The van der Waals surface area contributed by atoms with Gasteiger partial charge >= 0.3 is 12.0 Å². The monoisotopic (exact) mass is 342 g/mol. The first-order valence-electron chi connectivity index (χ1n) is 7.33. The maximum atomic E-state index is 13.4. The summed E-state index contributed by atoms with van der Waals surface area (Å²) in [6, 6.07) is 7.29. The molecule has 1 unspecified atom stereocenters. The number of hydrogen-bond donors (Lipinski definition) is 2. The Morgan fingerprint density at radius 3 is 2.25 bits per heavy atom. The van der Waals surface area contributed by atoms with E-state index in [4.69, 9.17) is 5.41 Å². The lowest BCUT2D eigenvalue weighted by Crippen LogP contribution is -2.49. The molecule has 5 nitrogen and oxygen atoms in total. The Kier molecular flexibility index (Phi) is 4.70. The summed E-state index contributed by atoms with van der Waals surface area (Å²) >= 11 is 0. The third-order valence-electron chi connectivity index (χ3n) is 3.77. The van der Waals surface area contributed by atoms with E-state index in [2.05, 4.69) is 4.74 Å². The van der Waals surface area contributed by atoms with Gasteiger partial charge in [-0.3, -0.25) is 10.2 Å². The summed E-state index contributed by atoms with van der Waals surface area (Å²) in [6.45, 7) is 3.83. The Morgan fingerprint density at radius 1 is 1.25 bits per heavy atom. The van der Waals surface area contributed by atoms with E-state index < -0.39 is 29.2 Å². The molecule has 1 heterocycles. The van der Waals surface area contributed by atoms with Crippen LogP contribution in [0.4, 0.5) is 13.2 Å². The van der Waals surface area contributed by atoms with Crippen LogP contribution in [0.1, 0.15) is 24.2 Å². The van der Waals surface area contributed by atoms with E-state index in [9.17, 15) is 23.1 Å². The minimum atomic E-state index is -5.27. The predicted octanol–water partition coefficient (Wildman–Crippen LogP) is 2.72. The number of carbonyl (C=O) groups excluding carboxylic acids is 1. The summed E-state index contributed by atoms with van der Waals surface area (Å²) in [7, 11) is 0. The number of nitrogens with one attached hydrogen (secondary N) is 1. The van der Waals surface area contributed by atoms with Crippen LogP contribution in [0, 0.1) is 5.41 Å². The topological polar surface area (TPSA) is 73.6 Å². The van der Waals surface area contributed by atoms with Crippen LogP contribution in [0.15, 0.2) is 41.6 Å². The number of rotatable bonds is 5. The second kappa shape index (κ2) is 6.27. The molecular weight excluding hydrogens is 325 g/mol. The van der Waals surface area contributed by atoms with Gasteiger partial charge in [0.2, 0.25) is 5.90 Å². The highest BCUT2D eigenvalue weighted by Gasteiger charge is 2.66. The molecule has 1 atom stereocenters. The highest BCUT2D eigenvalue weighted by molar-refractivity contribution is 6.16. The molecule has 0 fully saturated rings. The zero-order chi connectivity index (χ0) is 18.1. The lowest BCUT2D eigenvalue weighted by molar-refractivity contribution is -0.316. The molecule has 0 aliphatic carbocycles. The molecule has 130 valence electrons. The Hall–Kier alpha value is -2.35. The van der Waals surface area contributed by atoms with Crippen molar-refractivity contribution in [3.63, 3.8) is 0 Å². The van der Waals surface area contributed by atoms with Crippen molar-refractivity contribution in [1.29, 1.82) is 5.41 Å². The molecule has 24 heavy (non-hydrogen) atoms. The molecule has 0 saturated carbocycles. The minimum absolute atomic E-state index is 0.0295. The second-order valence-electron chi connectivity index (χ2n) is 5.16. The van der Waals surface area contributed by atoms with Gasteiger partial charge in [-0.25, -0.2) is 0 Å². The molecule has 1 aromatic carbocycles. The molecular formula is C16H17F3N2O3. The van der Waals surface area contributed by atoms with Gasteiger partial charge < -0.3 is 14.7 Å². The number of benzene rings is 1. The molecule has 0 radical (unpaired) electrons. The van der Waals surface area contributed by atoms with E-state index in [0.29, 0.717) is 0 Å². The summed E-state index contributed by atoms with van der Waals surface area (Å²) in [5.74, 6) is -5.74. The molecule has 1 aromatic rings. The van der Waals surface area contributed by atoms with E-state index in [1.165, 1.54) is 29.2 Å². The number of ketones is 1. The van der Waals surface area contributed by atoms with Crippen molar-refractivity contribution in [3.8, 4) is 0 Å². The van der Waals surface area contributed by atoms with Gasteiger partial charge in [0.15, 0.2) is 5.78 Å². The smallest absolute Gasteiger partial charge is 0.430 e. The highest BCUT2D eigenvalue weighted by Crippen LogP contribution is 2.45. The highest BCUT2D eigenvalue weighted by atomic mass is 19.4. The molecule has 2 N–H and O–H groups in total. The maximum absolute atomic E-state index is 13.4. The summed E-state index contributed by atoms with van der Waals surface area (Å²) in [6.07, 6.45) is -5.27. The number of carbonyl (C=O) groups is 1. The molecule has 1 aliphatic heterocycles. The molecule has 8 heteroatoms. The Labute approximate surface area is 136 Å². The largest absolute Gasteiger partial charge is 0.460 e. The van der Waals surface area contributed by atoms with Crippen molar-refractivity contribution in [2.75, 3.05) is 13.1 Å². The van der Waals surface area contributed by atoms with E-state index in [1.54, 1.807) is 19.9 Å². The maximum Gasteiger partial charge on any atom is 0.460 e. The van der Waals surface area contributed by atoms with Crippen LogP contribution in [0.5, 0.6) is 0 Å². The summed E-state index contributed by atoms with van der Waals surface area (Å²) in [5, 5.41) is 17.8. The van der Waals surface area contributed by atoms with Gasteiger partial charge in [0, 0.05) is 18.7 Å². The van der Waals surface area contributed by atoms with Gasteiger partial charge in [-0.2, -0.15) is 13.2 Å². The summed E-state index contributed by atoms with van der Waals surface area (Å²) in [4.78, 5) is 14.1. The zero-order valence-corrected chi connectivity index (χ0v) is 13.1. The van der Waals surface area contributed by atoms with E-state index in [-0.39, 0.29) is 24.4 Å². The van der Waals surface area contributed by atoms with Crippen LogP contribution in [0.3, 0.4) is 0 Å². The summed E-state index contributed by atoms with van der Waals surface area (Å²) in [5.41, 5.74) is -1.35. The fourth-order valence-electron chi connectivity index (χ4n) is 2.56. The molecule has 0 saturated heterocycles. The second-order valence-corrected chi connectivity index (χ2v) is 5.16. The number of ether oxygens (including phenoxy) is 1. The van der Waals surface area contributed by atoms with Crippen molar-refractivity contribution in [2.24, 2.45) is 0 Å². The fraction of sp³-hybridized carbons (Fsp3) is 0.375. The molecule has 0 spiro atoms. The van der Waals surface area contributed by atoms with E-state index in [0.717, 1.165) is 0 Å². The molecule has 0 bridgehead atoms. The number of halogens is 3. The average molecular weight is 342 g/mol. The van der Waals surface area contributed by atoms with Crippen LogP contribution < -0.4 is 0 Å². The molecule has 0 amide bonds. The molecule has 1 aliphatic rings. The zero-order valence-electron chi connectivity index (χ0n) is 13.1. The molecule has 0 aromatic heterocycles. The standard InChI is InChI=1S/C16H17F3N2O3/c1-3-21(4-2)12-11(13(22)10-8-6-5-7-9-10)15(23,16(17,18)19)24-14(12)20/h5-9,20,23H,3-4H2,1-2H3. The summed E-state index contributed by atoms with van der Waals surface area (Å²) < 4.78 is 44.7. The number of alkyl halides is 3. The lowest BCUT2D eigenvalue weighted by Gasteiger charge is -2.27. The van der Waals surface area contributed by atoms with Gasteiger partial charge in [-0.1, -0.05) is 30.3 Å². The number of likely N-dealkylation sites (N-methyl/N-ethyl adjacent to an activating group) is 1. The van der Waals surface area contributed by atoms with Crippen molar-refractivity contribution in [2.45, 2.75) is 25.8 Å². The Balaban J connectivity index is 2.71. The normalized spacial score (nSPS) is 21.0. The average Bonchev–Trinajstić information content (AvgIpc) is 2.81. The van der Waals surface area contributed by atoms with Crippen molar-refractivity contribution >= 4 is 11.7 Å². The van der Waals surface area contributed by atoms with Crippen molar-refractivity contribution < 1.29 is 27.8 Å². The van der Waals surface area contributed by atoms with E-state index >= 15 is 0 Å². The first-order chi connectivity index (χ1) is 11.2. The number of aliphatic hydroxyl groups is 1. The first kappa shape index (κ1) is 18.0. The van der Waals surface area contributed by atoms with Gasteiger partial charge in [-0.05, 0) is 13.8 Å². The Bertz CT molecular complexity index is 682. The van der Waals surface area contributed by atoms with E-state index in [1.807, 2.05) is 0 Å². The number of nitrogens with zero attached hydrogens (tertiary/aromatic N) is 1. The minimum Gasteiger partial charge on any atom is -0.430 e. The first-order valence-corrected chi connectivity index (χ1v) is 7.33. The van der Waals surface area contributed by atoms with Crippen LogP contribution >= 0.6 is 0 Å². The van der Waals surface area contributed by atoms with Gasteiger partial charge in [-0.15, -0.1) is 0 Å². The Morgan fingerprint density at radius 2 is 1.79 bits per heavy atom. The predicted molar refractivity (Wildman–Crippen MR) is 80.5 cm³/mol.